The van der Waals surface area contributed by atoms with Crippen LogP contribution in [0.4, 0.5) is 0 Å². The molecule has 60 valence electrons. The van der Waals surface area contributed by atoms with Crippen LogP contribution in [0.2, 0.25) is 0 Å². The van der Waals surface area contributed by atoms with Gasteiger partial charge in [-0.2, -0.15) is 0 Å². The molecule has 0 aromatic heterocycles. The van der Waals surface area contributed by atoms with Crippen molar-refractivity contribution in [2.75, 3.05) is 18.1 Å². The van der Waals surface area contributed by atoms with Gasteiger partial charge in [0, 0.05) is 0 Å². The summed E-state index contributed by atoms with van der Waals surface area (Å²) in [5, 5.41) is 0. The van der Waals surface area contributed by atoms with E-state index >= 15 is 0 Å². The Morgan fingerprint density at radius 1 is 1.60 bits per heavy atom. The van der Waals surface area contributed by atoms with Crippen molar-refractivity contribution >= 4 is 30.8 Å². The first-order chi connectivity index (χ1) is 4.70. The van der Waals surface area contributed by atoms with E-state index in [1.54, 1.807) is 0 Å². The van der Waals surface area contributed by atoms with E-state index in [1.165, 1.54) is 0 Å². The second-order valence-electron chi connectivity index (χ2n) is 1.91. The SMILES string of the molecule is O=P1(CCl)OCC(CCl)O1. The third-order valence-corrected chi connectivity index (χ3v) is 3.76. The summed E-state index contributed by atoms with van der Waals surface area (Å²) in [6.07, 6.45) is -0.258. The molecule has 2 unspecified atom stereocenters. The van der Waals surface area contributed by atoms with Gasteiger partial charge < -0.3 is 9.05 Å². The Hall–Kier alpha value is 0.730. The van der Waals surface area contributed by atoms with Crippen LogP contribution in [0.3, 0.4) is 0 Å². The van der Waals surface area contributed by atoms with Gasteiger partial charge in [0.25, 0.3) is 0 Å². The van der Waals surface area contributed by atoms with E-state index < -0.39 is 7.60 Å². The molecule has 0 bridgehead atoms. The molecule has 0 saturated carbocycles. The van der Waals surface area contributed by atoms with Crippen molar-refractivity contribution in [2.45, 2.75) is 6.10 Å². The number of rotatable bonds is 2. The van der Waals surface area contributed by atoms with E-state index in [-0.39, 0.29) is 18.3 Å². The van der Waals surface area contributed by atoms with E-state index in [9.17, 15) is 4.57 Å². The van der Waals surface area contributed by atoms with Crippen molar-refractivity contribution in [1.29, 1.82) is 0 Å². The van der Waals surface area contributed by atoms with Gasteiger partial charge >= 0.3 is 7.60 Å². The monoisotopic (exact) mass is 204 g/mol. The number of halogens is 2. The maximum absolute atomic E-state index is 11.1. The number of alkyl halides is 2. The molecule has 0 aliphatic carbocycles. The topological polar surface area (TPSA) is 35.5 Å². The second kappa shape index (κ2) is 3.42. The van der Waals surface area contributed by atoms with Gasteiger partial charge in [0.15, 0.2) is 0 Å². The largest absolute Gasteiger partial charge is 0.345 e. The Balaban J connectivity index is 2.49. The smallest absolute Gasteiger partial charge is 0.305 e. The molecule has 2 atom stereocenters. The first-order valence-electron chi connectivity index (χ1n) is 2.74. The molecule has 1 saturated heterocycles. The number of hydrogen-bond acceptors (Lipinski definition) is 3. The van der Waals surface area contributed by atoms with Crippen LogP contribution in [0.15, 0.2) is 0 Å². The highest BCUT2D eigenvalue weighted by Crippen LogP contribution is 2.54. The minimum Gasteiger partial charge on any atom is -0.305 e. The molecular weight excluding hydrogens is 198 g/mol. The van der Waals surface area contributed by atoms with Gasteiger partial charge in [0.2, 0.25) is 0 Å². The molecule has 0 radical (unpaired) electrons. The molecule has 3 nitrogen and oxygen atoms in total. The van der Waals surface area contributed by atoms with Gasteiger partial charge in [-0.05, 0) is 0 Å². The van der Waals surface area contributed by atoms with Gasteiger partial charge in [-0.3, -0.25) is 4.57 Å². The van der Waals surface area contributed by atoms with Gasteiger partial charge in [-0.15, -0.1) is 23.2 Å². The van der Waals surface area contributed by atoms with Crippen LogP contribution in [0.25, 0.3) is 0 Å². The molecule has 0 aromatic rings. The molecule has 10 heavy (non-hydrogen) atoms. The summed E-state index contributed by atoms with van der Waals surface area (Å²) in [7, 11) is -2.94. The minimum atomic E-state index is -2.94. The van der Waals surface area contributed by atoms with Crippen LogP contribution < -0.4 is 0 Å². The molecular formula is C4H7Cl2O3P. The first-order valence-corrected chi connectivity index (χ1v) is 5.54. The molecule has 0 spiro atoms. The maximum atomic E-state index is 11.1. The Morgan fingerprint density at radius 2 is 2.30 bits per heavy atom. The first kappa shape index (κ1) is 8.82. The molecule has 1 fully saturated rings. The summed E-state index contributed by atoms with van der Waals surface area (Å²) in [6.45, 7) is 0.285. The van der Waals surface area contributed by atoms with E-state index in [0.29, 0.717) is 5.88 Å². The Morgan fingerprint density at radius 3 is 2.60 bits per heavy atom. The van der Waals surface area contributed by atoms with Crippen molar-refractivity contribution < 1.29 is 13.6 Å². The standard InChI is InChI=1S/C4H7Cl2O3P/c5-1-4-2-8-10(7,3-6)9-4/h4H,1-3H2. The van der Waals surface area contributed by atoms with Crippen LogP contribution in [0, 0.1) is 0 Å². The van der Waals surface area contributed by atoms with Crippen LogP contribution in [-0.4, -0.2) is 24.2 Å². The summed E-state index contributed by atoms with van der Waals surface area (Å²) in [5.41, 5.74) is -0.0968. The molecule has 1 aliphatic rings. The van der Waals surface area contributed by atoms with Crippen LogP contribution in [0.5, 0.6) is 0 Å². The quantitative estimate of drug-likeness (QED) is 0.511. The predicted molar refractivity (Wildman–Crippen MR) is 39.9 cm³/mol. The highest BCUT2D eigenvalue weighted by atomic mass is 35.5. The fourth-order valence-corrected chi connectivity index (χ4v) is 2.41. The summed E-state index contributed by atoms with van der Waals surface area (Å²) in [6, 6.07) is 0. The Kier molecular flexibility index (Phi) is 3.02. The van der Waals surface area contributed by atoms with E-state index in [4.69, 9.17) is 32.2 Å². The molecule has 0 N–H and O–H groups in total. The molecule has 1 aliphatic heterocycles. The minimum absolute atomic E-state index is 0.0968. The fraction of sp³-hybridized carbons (Fsp3) is 1.00. The summed E-state index contributed by atoms with van der Waals surface area (Å²) >= 11 is 10.7. The third kappa shape index (κ3) is 1.86. The average molecular weight is 205 g/mol. The van der Waals surface area contributed by atoms with Gasteiger partial charge in [-0.1, -0.05) is 0 Å². The van der Waals surface area contributed by atoms with Gasteiger partial charge in [0.1, 0.15) is 11.7 Å². The Bertz CT molecular complexity index is 163. The van der Waals surface area contributed by atoms with Crippen molar-refractivity contribution in [1.82, 2.24) is 0 Å². The van der Waals surface area contributed by atoms with E-state index in [2.05, 4.69) is 0 Å². The highest BCUT2D eigenvalue weighted by Gasteiger charge is 2.35. The molecule has 1 rings (SSSR count). The summed E-state index contributed by atoms with van der Waals surface area (Å²) in [4.78, 5) is 0. The molecule has 0 aromatic carbocycles. The zero-order valence-corrected chi connectivity index (χ0v) is 7.53. The van der Waals surface area contributed by atoms with Crippen molar-refractivity contribution in [2.24, 2.45) is 0 Å². The lowest BCUT2D eigenvalue weighted by molar-refractivity contribution is 0.260. The zero-order valence-electron chi connectivity index (χ0n) is 5.13. The zero-order chi connectivity index (χ0) is 7.61. The normalized spacial score (nSPS) is 40.4. The van der Waals surface area contributed by atoms with Gasteiger partial charge in [0.05, 0.1) is 12.5 Å². The highest BCUT2D eigenvalue weighted by molar-refractivity contribution is 7.55. The molecule has 6 heteroatoms. The lowest BCUT2D eigenvalue weighted by atomic mass is 10.5. The van der Waals surface area contributed by atoms with Crippen molar-refractivity contribution in [3.05, 3.63) is 0 Å². The van der Waals surface area contributed by atoms with Crippen LogP contribution >= 0.6 is 30.8 Å². The lowest BCUT2D eigenvalue weighted by Crippen LogP contribution is -2.09. The van der Waals surface area contributed by atoms with E-state index in [0.717, 1.165) is 0 Å². The fourth-order valence-electron chi connectivity index (χ4n) is 0.620. The van der Waals surface area contributed by atoms with Crippen molar-refractivity contribution in [3.63, 3.8) is 0 Å². The number of hydrogen-bond donors (Lipinski definition) is 0. The van der Waals surface area contributed by atoms with Gasteiger partial charge in [-0.25, -0.2) is 0 Å². The molecule has 1 heterocycles. The Labute approximate surface area is 69.1 Å². The second-order valence-corrected chi connectivity index (χ2v) is 4.86. The van der Waals surface area contributed by atoms with E-state index in [1.807, 2.05) is 0 Å². The van der Waals surface area contributed by atoms with Crippen LogP contribution in [-0.2, 0) is 13.6 Å². The van der Waals surface area contributed by atoms with Crippen molar-refractivity contribution in [3.8, 4) is 0 Å². The summed E-state index contributed by atoms with van der Waals surface area (Å²) in [5.74, 6) is 0.293. The summed E-state index contributed by atoms with van der Waals surface area (Å²) < 4.78 is 20.8. The average Bonchev–Trinajstić information content (AvgIpc) is 2.33. The predicted octanol–water partition coefficient (Wildman–Crippen LogP) is 2.03. The lowest BCUT2D eigenvalue weighted by Gasteiger charge is -2.04. The maximum Gasteiger partial charge on any atom is 0.345 e. The van der Waals surface area contributed by atoms with Crippen LogP contribution in [0.1, 0.15) is 0 Å². The molecule has 0 amide bonds. The third-order valence-electron chi connectivity index (χ3n) is 1.09.